The summed E-state index contributed by atoms with van der Waals surface area (Å²) in [7, 11) is -3.71. The molecule has 0 saturated heterocycles. The first-order chi connectivity index (χ1) is 13.8. The zero-order chi connectivity index (χ0) is 21.4. The third-order valence-corrected chi connectivity index (χ3v) is 6.54. The Bertz CT molecular complexity index is 913. The lowest BCUT2D eigenvalue weighted by Crippen LogP contribution is -2.38. The van der Waals surface area contributed by atoms with Crippen molar-refractivity contribution in [2.24, 2.45) is 0 Å². The Morgan fingerprint density at radius 3 is 2.21 bits per heavy atom. The molecule has 2 aromatic carbocycles. The van der Waals surface area contributed by atoms with Crippen molar-refractivity contribution in [3.8, 4) is 0 Å². The number of halogens is 1. The van der Waals surface area contributed by atoms with Crippen LogP contribution in [0.3, 0.4) is 0 Å². The van der Waals surface area contributed by atoms with Crippen LogP contribution in [0.1, 0.15) is 38.8 Å². The molecule has 2 rings (SSSR count). The van der Waals surface area contributed by atoms with E-state index in [-0.39, 0.29) is 23.4 Å². The van der Waals surface area contributed by atoms with E-state index in [1.165, 1.54) is 12.1 Å². The molecule has 0 heterocycles. The van der Waals surface area contributed by atoms with Gasteiger partial charge >= 0.3 is 0 Å². The van der Waals surface area contributed by atoms with Gasteiger partial charge in [-0.3, -0.25) is 9.69 Å². The summed E-state index contributed by atoms with van der Waals surface area (Å²) in [5, 5.41) is 3.31. The minimum atomic E-state index is -3.71. The number of likely N-dealkylation sites (N-methyl/N-ethyl adjacent to an activating group) is 1. The Labute approximate surface area is 178 Å². The number of carbonyl (C=O) groups excluding carboxylic acids is 1. The average Bonchev–Trinajstić information content (AvgIpc) is 2.72. The zero-order valence-electron chi connectivity index (χ0n) is 17.0. The first-order valence-electron chi connectivity index (χ1n) is 9.70. The van der Waals surface area contributed by atoms with Crippen LogP contribution in [0.15, 0.2) is 53.4 Å². The number of amides is 1. The highest BCUT2D eigenvalue weighted by atomic mass is 35.5. The number of hydrogen-bond acceptors (Lipinski definition) is 4. The summed E-state index contributed by atoms with van der Waals surface area (Å²) < 4.78 is 28.3. The first-order valence-corrected chi connectivity index (χ1v) is 11.6. The molecule has 2 N–H and O–H groups in total. The predicted molar refractivity (Wildman–Crippen MR) is 118 cm³/mol. The van der Waals surface area contributed by atoms with Crippen LogP contribution >= 0.6 is 11.6 Å². The van der Waals surface area contributed by atoms with Crippen LogP contribution in [-0.4, -0.2) is 38.9 Å². The molecule has 1 atom stereocenters. The van der Waals surface area contributed by atoms with Crippen LogP contribution in [0.5, 0.6) is 0 Å². The lowest BCUT2D eigenvalue weighted by molar-refractivity contribution is -0.115. The molecule has 0 aliphatic heterocycles. The van der Waals surface area contributed by atoms with Crippen molar-refractivity contribution in [2.75, 3.05) is 25.0 Å². The van der Waals surface area contributed by atoms with Gasteiger partial charge in [0.05, 0.1) is 4.90 Å². The number of nitrogens with one attached hydrogen (secondary N) is 2. The van der Waals surface area contributed by atoms with Gasteiger partial charge < -0.3 is 5.32 Å². The number of hydrogen-bond donors (Lipinski definition) is 2. The second-order valence-corrected chi connectivity index (χ2v) is 8.71. The maximum atomic E-state index is 12.8. The van der Waals surface area contributed by atoms with E-state index in [0.29, 0.717) is 17.1 Å². The summed E-state index contributed by atoms with van der Waals surface area (Å²) in [6.45, 7) is 7.54. The molecule has 0 spiro atoms. The number of nitrogens with zero attached hydrogens (tertiary/aromatic N) is 1. The number of sulfonamides is 1. The smallest absolute Gasteiger partial charge is 0.240 e. The zero-order valence-corrected chi connectivity index (χ0v) is 18.6. The van der Waals surface area contributed by atoms with Gasteiger partial charge in [-0.05, 0) is 49.0 Å². The van der Waals surface area contributed by atoms with E-state index in [1.807, 2.05) is 38.1 Å². The van der Waals surface area contributed by atoms with Gasteiger partial charge in [0.2, 0.25) is 15.9 Å². The third-order valence-electron chi connectivity index (χ3n) is 4.75. The standard InChI is InChI=1S/C21H28ClN3O3S/c1-4-21(26)24-16-11-13-17(14-12-16)29(27,28)23-15-20(25(5-2)6-3)18-9-7-8-10-19(18)22/h7-14,20,23H,4-6,15H2,1-3H3,(H,24,26). The quantitative estimate of drug-likeness (QED) is 0.587. The molecule has 0 aromatic heterocycles. The van der Waals surface area contributed by atoms with E-state index in [1.54, 1.807) is 19.1 Å². The summed E-state index contributed by atoms with van der Waals surface area (Å²) in [5.74, 6) is -0.125. The van der Waals surface area contributed by atoms with E-state index in [4.69, 9.17) is 11.6 Å². The fourth-order valence-electron chi connectivity index (χ4n) is 3.08. The molecule has 6 nitrogen and oxygen atoms in total. The Morgan fingerprint density at radius 2 is 1.66 bits per heavy atom. The van der Waals surface area contributed by atoms with Crippen LogP contribution in [0.2, 0.25) is 5.02 Å². The van der Waals surface area contributed by atoms with Gasteiger partial charge in [-0.25, -0.2) is 13.1 Å². The van der Waals surface area contributed by atoms with Crippen molar-refractivity contribution in [2.45, 2.75) is 38.1 Å². The van der Waals surface area contributed by atoms with Crippen LogP contribution in [-0.2, 0) is 14.8 Å². The van der Waals surface area contributed by atoms with E-state index < -0.39 is 10.0 Å². The molecule has 158 valence electrons. The van der Waals surface area contributed by atoms with Gasteiger partial charge in [0.25, 0.3) is 0 Å². The van der Waals surface area contributed by atoms with Gasteiger partial charge in [-0.15, -0.1) is 0 Å². The molecule has 0 fully saturated rings. The summed E-state index contributed by atoms with van der Waals surface area (Å²) >= 11 is 6.38. The average molecular weight is 438 g/mol. The topological polar surface area (TPSA) is 78.5 Å². The molecule has 0 radical (unpaired) electrons. The Morgan fingerprint density at radius 1 is 1.03 bits per heavy atom. The summed E-state index contributed by atoms with van der Waals surface area (Å²) in [6.07, 6.45) is 0.358. The van der Waals surface area contributed by atoms with Crippen LogP contribution < -0.4 is 10.0 Å². The highest BCUT2D eigenvalue weighted by Crippen LogP contribution is 2.27. The molecule has 0 aliphatic rings. The second kappa shape index (κ2) is 10.7. The fraction of sp³-hybridized carbons (Fsp3) is 0.381. The molecule has 8 heteroatoms. The summed E-state index contributed by atoms with van der Waals surface area (Å²) in [4.78, 5) is 13.8. The van der Waals surface area contributed by atoms with Crippen molar-refractivity contribution in [3.63, 3.8) is 0 Å². The SMILES string of the molecule is CCC(=O)Nc1ccc(S(=O)(=O)NCC(c2ccccc2Cl)N(CC)CC)cc1. The van der Waals surface area contributed by atoms with Crippen LogP contribution in [0.4, 0.5) is 5.69 Å². The predicted octanol–water partition coefficient (Wildman–Crippen LogP) is 4.05. The van der Waals surface area contributed by atoms with Gasteiger partial charge in [-0.1, -0.05) is 50.6 Å². The molecule has 2 aromatic rings. The molecule has 0 bridgehead atoms. The molecular formula is C21H28ClN3O3S. The van der Waals surface area contributed by atoms with Gasteiger partial charge in [0.15, 0.2) is 0 Å². The van der Waals surface area contributed by atoms with Crippen molar-refractivity contribution >= 4 is 33.2 Å². The largest absolute Gasteiger partial charge is 0.326 e. The Balaban J connectivity index is 2.19. The van der Waals surface area contributed by atoms with Gasteiger partial charge in [0, 0.05) is 29.7 Å². The number of rotatable bonds is 10. The van der Waals surface area contributed by atoms with Crippen LogP contribution in [0, 0.1) is 0 Å². The maximum absolute atomic E-state index is 12.8. The molecule has 0 aliphatic carbocycles. The molecule has 1 amide bonds. The number of anilines is 1. The van der Waals surface area contributed by atoms with Gasteiger partial charge in [-0.2, -0.15) is 0 Å². The number of carbonyl (C=O) groups is 1. The summed E-state index contributed by atoms with van der Waals surface area (Å²) in [5.41, 5.74) is 1.45. The van der Waals surface area contributed by atoms with E-state index in [0.717, 1.165) is 18.7 Å². The third kappa shape index (κ3) is 6.27. The van der Waals surface area contributed by atoms with Crippen molar-refractivity contribution in [1.29, 1.82) is 0 Å². The van der Waals surface area contributed by atoms with E-state index >= 15 is 0 Å². The second-order valence-electron chi connectivity index (χ2n) is 6.54. The molecular weight excluding hydrogens is 410 g/mol. The minimum Gasteiger partial charge on any atom is -0.326 e. The molecule has 29 heavy (non-hydrogen) atoms. The lowest BCUT2D eigenvalue weighted by atomic mass is 10.1. The molecule has 0 saturated carbocycles. The van der Waals surface area contributed by atoms with Crippen LogP contribution in [0.25, 0.3) is 0 Å². The monoisotopic (exact) mass is 437 g/mol. The van der Waals surface area contributed by atoms with Crippen molar-refractivity contribution in [1.82, 2.24) is 9.62 Å². The number of benzene rings is 2. The van der Waals surface area contributed by atoms with Crippen molar-refractivity contribution < 1.29 is 13.2 Å². The van der Waals surface area contributed by atoms with Crippen molar-refractivity contribution in [3.05, 3.63) is 59.1 Å². The Kier molecular flexibility index (Phi) is 8.64. The highest BCUT2D eigenvalue weighted by Gasteiger charge is 2.23. The fourth-order valence-corrected chi connectivity index (χ4v) is 4.38. The van der Waals surface area contributed by atoms with E-state index in [2.05, 4.69) is 14.9 Å². The lowest BCUT2D eigenvalue weighted by Gasteiger charge is -2.30. The minimum absolute atomic E-state index is 0.125. The van der Waals surface area contributed by atoms with E-state index in [9.17, 15) is 13.2 Å². The highest BCUT2D eigenvalue weighted by molar-refractivity contribution is 7.89. The first kappa shape index (κ1) is 23.3. The molecule has 1 unspecified atom stereocenters. The summed E-state index contributed by atoms with van der Waals surface area (Å²) in [6, 6.07) is 13.4. The maximum Gasteiger partial charge on any atom is 0.240 e. The Hall–Kier alpha value is -1.93. The van der Waals surface area contributed by atoms with Gasteiger partial charge in [0.1, 0.15) is 0 Å². The normalized spacial score (nSPS) is 12.7.